The van der Waals surface area contributed by atoms with Crippen molar-refractivity contribution in [3.05, 3.63) is 82.9 Å². The van der Waals surface area contributed by atoms with E-state index < -0.39 is 15.7 Å². The monoisotopic (exact) mass is 497 g/mol. The Morgan fingerprint density at radius 1 is 1.11 bits per heavy atom. The molecule has 4 rings (SSSR count). The number of benzene rings is 2. The molecule has 1 aliphatic carbocycles. The Kier molecular flexibility index (Phi) is 7.69. The van der Waals surface area contributed by atoms with Crippen molar-refractivity contribution in [2.75, 3.05) is 6.54 Å². The SMILES string of the molecule is CCN(Cc1cnc(S(=O)(=O)Cc2cccc(C)c2)n1C1CCCCC1)C(=O)c1ccc(F)cc1. The summed E-state index contributed by atoms with van der Waals surface area (Å²) < 4.78 is 42.3. The van der Waals surface area contributed by atoms with Crippen LogP contribution in [0.1, 0.15) is 72.2 Å². The number of rotatable bonds is 8. The minimum absolute atomic E-state index is 0.0307. The number of hydrogen-bond acceptors (Lipinski definition) is 4. The van der Waals surface area contributed by atoms with E-state index in [1.165, 1.54) is 24.3 Å². The van der Waals surface area contributed by atoms with Gasteiger partial charge in [-0.1, -0.05) is 49.1 Å². The summed E-state index contributed by atoms with van der Waals surface area (Å²) in [6.07, 6.45) is 6.56. The second-order valence-electron chi connectivity index (χ2n) is 9.27. The van der Waals surface area contributed by atoms with E-state index in [1.807, 2.05) is 42.7 Å². The first kappa shape index (κ1) is 25.1. The molecule has 0 N–H and O–H groups in total. The molecule has 1 amide bonds. The number of aryl methyl sites for hydroxylation is 1. The molecule has 6 nitrogen and oxygen atoms in total. The molecule has 1 aromatic heterocycles. The van der Waals surface area contributed by atoms with Crippen LogP contribution in [0, 0.1) is 12.7 Å². The number of halogens is 1. The van der Waals surface area contributed by atoms with Gasteiger partial charge in [0.05, 0.1) is 24.2 Å². The molecule has 0 atom stereocenters. The maximum atomic E-state index is 13.5. The van der Waals surface area contributed by atoms with Gasteiger partial charge in [0.2, 0.25) is 15.0 Å². The highest BCUT2D eigenvalue weighted by Gasteiger charge is 2.30. The van der Waals surface area contributed by atoms with Gasteiger partial charge in [0.1, 0.15) is 5.82 Å². The van der Waals surface area contributed by atoms with Crippen molar-refractivity contribution in [2.24, 2.45) is 0 Å². The van der Waals surface area contributed by atoms with Crippen LogP contribution >= 0.6 is 0 Å². The van der Waals surface area contributed by atoms with Crippen LogP contribution in [-0.4, -0.2) is 35.3 Å². The molecular weight excluding hydrogens is 465 g/mol. The van der Waals surface area contributed by atoms with E-state index in [2.05, 4.69) is 4.98 Å². The Hall–Kier alpha value is -3.00. The number of aromatic nitrogens is 2. The third-order valence-electron chi connectivity index (χ3n) is 6.61. The molecule has 0 saturated heterocycles. The summed E-state index contributed by atoms with van der Waals surface area (Å²) in [5.41, 5.74) is 2.83. The summed E-state index contributed by atoms with van der Waals surface area (Å²) in [5, 5.41) is 0.0752. The topological polar surface area (TPSA) is 72.3 Å². The van der Waals surface area contributed by atoms with Gasteiger partial charge in [-0.05, 0) is 56.5 Å². The van der Waals surface area contributed by atoms with Crippen molar-refractivity contribution < 1.29 is 17.6 Å². The summed E-state index contributed by atoms with van der Waals surface area (Å²) in [6.45, 7) is 4.47. The fraction of sp³-hybridized carbons (Fsp3) is 0.407. The fourth-order valence-corrected chi connectivity index (χ4v) is 6.36. The first-order valence-electron chi connectivity index (χ1n) is 12.2. The fourth-order valence-electron chi connectivity index (χ4n) is 4.84. The van der Waals surface area contributed by atoms with Crippen molar-refractivity contribution in [1.82, 2.24) is 14.5 Å². The maximum absolute atomic E-state index is 13.5. The Morgan fingerprint density at radius 2 is 1.83 bits per heavy atom. The van der Waals surface area contributed by atoms with Crippen LogP contribution in [0.2, 0.25) is 0 Å². The van der Waals surface area contributed by atoms with Crippen molar-refractivity contribution in [1.29, 1.82) is 0 Å². The van der Waals surface area contributed by atoms with Gasteiger partial charge in [-0.25, -0.2) is 17.8 Å². The number of hydrogen-bond donors (Lipinski definition) is 0. The highest BCUT2D eigenvalue weighted by molar-refractivity contribution is 7.90. The van der Waals surface area contributed by atoms with Crippen molar-refractivity contribution in [3.8, 4) is 0 Å². The molecule has 0 radical (unpaired) electrons. The molecule has 2 aromatic carbocycles. The lowest BCUT2D eigenvalue weighted by Crippen LogP contribution is -2.32. The zero-order valence-electron chi connectivity index (χ0n) is 20.3. The Morgan fingerprint density at radius 3 is 2.49 bits per heavy atom. The number of sulfone groups is 1. The molecule has 186 valence electrons. The Balaban J connectivity index is 1.67. The first-order valence-corrected chi connectivity index (χ1v) is 13.8. The first-order chi connectivity index (χ1) is 16.8. The number of carbonyl (C=O) groups is 1. The number of nitrogens with zero attached hydrogens (tertiary/aromatic N) is 3. The molecule has 0 bridgehead atoms. The normalized spacial score (nSPS) is 14.7. The van der Waals surface area contributed by atoms with Crippen LogP contribution in [0.25, 0.3) is 0 Å². The highest BCUT2D eigenvalue weighted by Crippen LogP contribution is 2.33. The van der Waals surface area contributed by atoms with Gasteiger partial charge < -0.3 is 9.47 Å². The molecule has 1 fully saturated rings. The van der Waals surface area contributed by atoms with Gasteiger partial charge in [-0.3, -0.25) is 4.79 Å². The van der Waals surface area contributed by atoms with Crippen molar-refractivity contribution >= 4 is 15.7 Å². The van der Waals surface area contributed by atoms with E-state index in [4.69, 9.17) is 0 Å². The lowest BCUT2D eigenvalue weighted by Gasteiger charge is -2.28. The Bertz CT molecular complexity index is 1280. The molecular formula is C27H32FN3O3S. The van der Waals surface area contributed by atoms with Gasteiger partial charge in [-0.2, -0.15) is 0 Å². The zero-order chi connectivity index (χ0) is 25.0. The summed E-state index contributed by atoms with van der Waals surface area (Å²) in [5.74, 6) is -0.749. The van der Waals surface area contributed by atoms with Crippen molar-refractivity contribution in [3.63, 3.8) is 0 Å². The van der Waals surface area contributed by atoms with Gasteiger partial charge in [-0.15, -0.1) is 0 Å². The third kappa shape index (κ3) is 5.81. The minimum Gasteiger partial charge on any atom is -0.333 e. The zero-order valence-corrected chi connectivity index (χ0v) is 21.1. The summed E-state index contributed by atoms with van der Waals surface area (Å²) >= 11 is 0. The van der Waals surface area contributed by atoms with Crippen molar-refractivity contribution in [2.45, 2.75) is 69.4 Å². The van der Waals surface area contributed by atoms with Crippen LogP contribution in [0.15, 0.2) is 59.9 Å². The highest BCUT2D eigenvalue weighted by atomic mass is 32.2. The number of carbonyl (C=O) groups excluding carboxylic acids is 1. The number of imidazole rings is 1. The minimum atomic E-state index is -3.70. The third-order valence-corrected chi connectivity index (χ3v) is 8.18. The summed E-state index contributed by atoms with van der Waals surface area (Å²) in [4.78, 5) is 19.2. The van der Waals surface area contributed by atoms with Crippen LogP contribution in [0.3, 0.4) is 0 Å². The predicted octanol–water partition coefficient (Wildman–Crippen LogP) is 5.47. The summed E-state index contributed by atoms with van der Waals surface area (Å²) in [7, 11) is -3.70. The molecule has 1 saturated carbocycles. The van der Waals surface area contributed by atoms with E-state index in [-0.39, 0.29) is 29.4 Å². The molecule has 0 spiro atoms. The van der Waals surface area contributed by atoms with E-state index in [0.717, 1.165) is 43.2 Å². The second kappa shape index (κ2) is 10.7. The maximum Gasteiger partial charge on any atom is 0.254 e. The lowest BCUT2D eigenvalue weighted by atomic mass is 9.95. The quantitative estimate of drug-likeness (QED) is 0.414. The standard InChI is InChI=1S/C27H32FN3O3S/c1-3-30(26(32)22-12-14-23(28)15-13-22)18-25-17-29-27(31(25)24-10-5-4-6-11-24)35(33,34)19-21-9-7-8-20(2)16-21/h7-9,12-17,24H,3-6,10-11,18-19H2,1-2H3. The molecule has 8 heteroatoms. The smallest absolute Gasteiger partial charge is 0.254 e. The molecule has 0 aliphatic heterocycles. The van der Waals surface area contributed by atoms with Gasteiger partial charge in [0.25, 0.3) is 5.91 Å². The molecule has 35 heavy (non-hydrogen) atoms. The van der Waals surface area contributed by atoms with E-state index in [9.17, 15) is 17.6 Å². The summed E-state index contributed by atoms with van der Waals surface area (Å²) in [6, 6.07) is 13.0. The van der Waals surface area contributed by atoms with E-state index >= 15 is 0 Å². The largest absolute Gasteiger partial charge is 0.333 e. The van der Waals surface area contributed by atoms with Crippen LogP contribution in [0.4, 0.5) is 4.39 Å². The second-order valence-corrected chi connectivity index (χ2v) is 11.2. The van der Waals surface area contributed by atoms with Gasteiger partial charge >= 0.3 is 0 Å². The number of amides is 1. The van der Waals surface area contributed by atoms with Crippen LogP contribution < -0.4 is 0 Å². The molecule has 1 heterocycles. The van der Waals surface area contributed by atoms with Gasteiger partial charge in [0.15, 0.2) is 0 Å². The average Bonchev–Trinajstić information content (AvgIpc) is 3.27. The molecule has 3 aromatic rings. The van der Waals surface area contributed by atoms with E-state index in [1.54, 1.807) is 11.1 Å². The predicted molar refractivity (Wildman–Crippen MR) is 133 cm³/mol. The van der Waals surface area contributed by atoms with Crippen LogP contribution in [-0.2, 0) is 22.1 Å². The molecule has 1 aliphatic rings. The van der Waals surface area contributed by atoms with Crippen LogP contribution in [0.5, 0.6) is 0 Å². The van der Waals surface area contributed by atoms with Gasteiger partial charge in [0, 0.05) is 18.2 Å². The lowest BCUT2D eigenvalue weighted by molar-refractivity contribution is 0.0747. The molecule has 0 unspecified atom stereocenters. The van der Waals surface area contributed by atoms with E-state index in [0.29, 0.717) is 17.8 Å². The Labute approximate surface area is 206 Å². The average molecular weight is 498 g/mol.